The highest BCUT2D eigenvalue weighted by Crippen LogP contribution is 2.16. The Labute approximate surface area is 71.4 Å². The lowest BCUT2D eigenvalue weighted by Crippen LogP contribution is -2.24. The Morgan fingerprint density at radius 1 is 1.75 bits per heavy atom. The summed E-state index contributed by atoms with van der Waals surface area (Å²) in [5.41, 5.74) is 0. The number of rotatable bonds is 3. The third kappa shape index (κ3) is 1.72. The Hall–Kier alpha value is -1.12. The molecule has 0 unspecified atom stereocenters. The second-order valence-electron chi connectivity index (χ2n) is 2.87. The first-order valence-corrected chi connectivity index (χ1v) is 4.06. The number of hydrogen-bond acceptors (Lipinski definition) is 3. The molecule has 0 spiro atoms. The van der Waals surface area contributed by atoms with Crippen LogP contribution in [0, 0.1) is 5.92 Å². The summed E-state index contributed by atoms with van der Waals surface area (Å²) in [4.78, 5) is 21.8. The lowest BCUT2D eigenvalue weighted by atomic mass is 9.98. The molecule has 2 atom stereocenters. The highest BCUT2D eigenvalue weighted by Gasteiger charge is 2.26. The molecule has 3 nitrogen and oxygen atoms in total. The van der Waals surface area contributed by atoms with E-state index in [1.54, 1.807) is 19.9 Å². The number of carbonyl (C=O) groups excluding carboxylic acids is 2. The molecule has 1 heterocycles. The van der Waals surface area contributed by atoms with E-state index in [1.807, 2.05) is 0 Å². The average Bonchev–Trinajstić information content (AvgIpc) is 2.49. The first-order chi connectivity index (χ1) is 5.65. The van der Waals surface area contributed by atoms with Crippen molar-refractivity contribution in [2.75, 3.05) is 0 Å². The summed E-state index contributed by atoms with van der Waals surface area (Å²) in [6.45, 7) is 3.58. The summed E-state index contributed by atoms with van der Waals surface area (Å²) in [6, 6.07) is 0. The summed E-state index contributed by atoms with van der Waals surface area (Å²) in [7, 11) is 0. The molecule has 1 aliphatic heterocycles. The van der Waals surface area contributed by atoms with E-state index < -0.39 is 0 Å². The van der Waals surface area contributed by atoms with E-state index in [2.05, 4.69) is 0 Å². The van der Waals surface area contributed by atoms with Crippen molar-refractivity contribution < 1.29 is 14.3 Å². The normalized spacial score (nSPS) is 23.8. The number of ketones is 1. The van der Waals surface area contributed by atoms with Gasteiger partial charge in [0.2, 0.25) is 0 Å². The molecule has 0 saturated carbocycles. The molecule has 0 radical (unpaired) electrons. The van der Waals surface area contributed by atoms with Crippen LogP contribution in [0.15, 0.2) is 12.2 Å². The molecule has 3 heteroatoms. The SMILES string of the molecule is CCC(=O)[C@H](C)[C@H]1C=CC(=O)O1. The maximum absolute atomic E-state index is 11.2. The van der Waals surface area contributed by atoms with E-state index in [1.165, 1.54) is 6.08 Å². The van der Waals surface area contributed by atoms with Gasteiger partial charge in [0.15, 0.2) is 0 Å². The van der Waals surface area contributed by atoms with E-state index in [-0.39, 0.29) is 23.8 Å². The van der Waals surface area contributed by atoms with Crippen molar-refractivity contribution in [2.45, 2.75) is 26.4 Å². The number of Topliss-reactive ketones (excluding diaryl/α,β-unsaturated/α-hetero) is 1. The second-order valence-corrected chi connectivity index (χ2v) is 2.87. The predicted molar refractivity (Wildman–Crippen MR) is 43.5 cm³/mol. The molecule has 0 bridgehead atoms. The summed E-state index contributed by atoms with van der Waals surface area (Å²) in [5, 5.41) is 0. The van der Waals surface area contributed by atoms with E-state index >= 15 is 0 Å². The van der Waals surface area contributed by atoms with Crippen LogP contribution in [0.1, 0.15) is 20.3 Å². The van der Waals surface area contributed by atoms with Crippen LogP contribution in [0.2, 0.25) is 0 Å². The highest BCUT2D eigenvalue weighted by molar-refractivity contribution is 5.87. The van der Waals surface area contributed by atoms with Gasteiger partial charge in [-0.2, -0.15) is 0 Å². The summed E-state index contributed by atoms with van der Waals surface area (Å²) < 4.78 is 4.88. The van der Waals surface area contributed by atoms with E-state index in [9.17, 15) is 9.59 Å². The zero-order valence-corrected chi connectivity index (χ0v) is 7.24. The fourth-order valence-corrected chi connectivity index (χ4v) is 1.16. The van der Waals surface area contributed by atoms with Crippen molar-refractivity contribution in [2.24, 2.45) is 5.92 Å². The number of hydrogen-bond donors (Lipinski definition) is 0. The van der Waals surface area contributed by atoms with Crippen LogP contribution >= 0.6 is 0 Å². The smallest absolute Gasteiger partial charge is 0.331 e. The van der Waals surface area contributed by atoms with Crippen molar-refractivity contribution >= 4 is 11.8 Å². The molecule has 0 aromatic heterocycles. The minimum absolute atomic E-state index is 0.124. The summed E-state index contributed by atoms with van der Waals surface area (Å²) in [6.07, 6.45) is 3.15. The number of esters is 1. The van der Waals surface area contributed by atoms with Crippen LogP contribution < -0.4 is 0 Å². The van der Waals surface area contributed by atoms with Crippen molar-refractivity contribution in [3.8, 4) is 0 Å². The molecule has 0 saturated heterocycles. The molecular weight excluding hydrogens is 156 g/mol. The van der Waals surface area contributed by atoms with Gasteiger partial charge < -0.3 is 4.74 Å². The second kappa shape index (κ2) is 3.52. The van der Waals surface area contributed by atoms with Gasteiger partial charge >= 0.3 is 5.97 Å². The van der Waals surface area contributed by atoms with Crippen LogP contribution in [-0.4, -0.2) is 17.9 Å². The molecule has 0 aliphatic carbocycles. The first-order valence-electron chi connectivity index (χ1n) is 4.06. The molecule has 0 aromatic carbocycles. The number of ether oxygens (including phenoxy) is 1. The fourth-order valence-electron chi connectivity index (χ4n) is 1.16. The zero-order chi connectivity index (χ0) is 9.14. The molecule has 0 amide bonds. The van der Waals surface area contributed by atoms with E-state index in [0.29, 0.717) is 6.42 Å². The van der Waals surface area contributed by atoms with Gasteiger partial charge in [-0.25, -0.2) is 4.79 Å². The third-order valence-corrected chi connectivity index (χ3v) is 2.02. The Bertz CT molecular complexity index is 230. The minimum Gasteiger partial charge on any atom is -0.454 e. The topological polar surface area (TPSA) is 43.4 Å². The molecule has 66 valence electrons. The van der Waals surface area contributed by atoms with Gasteiger partial charge in [0.1, 0.15) is 11.9 Å². The number of carbonyl (C=O) groups is 2. The van der Waals surface area contributed by atoms with Gasteiger partial charge in [0, 0.05) is 12.5 Å². The average molecular weight is 168 g/mol. The van der Waals surface area contributed by atoms with Gasteiger partial charge in [0.05, 0.1) is 5.92 Å². The molecule has 0 N–H and O–H groups in total. The largest absolute Gasteiger partial charge is 0.454 e. The van der Waals surface area contributed by atoms with Crippen LogP contribution in [0.3, 0.4) is 0 Å². The third-order valence-electron chi connectivity index (χ3n) is 2.02. The van der Waals surface area contributed by atoms with Gasteiger partial charge in [-0.3, -0.25) is 4.79 Å². The highest BCUT2D eigenvalue weighted by atomic mass is 16.5. The maximum Gasteiger partial charge on any atom is 0.331 e. The quantitative estimate of drug-likeness (QED) is 0.592. The molecule has 1 aliphatic rings. The van der Waals surface area contributed by atoms with Crippen molar-refractivity contribution in [3.05, 3.63) is 12.2 Å². The summed E-state index contributed by atoms with van der Waals surface area (Å²) in [5.74, 6) is -0.437. The first kappa shape index (κ1) is 8.97. The Morgan fingerprint density at radius 2 is 2.42 bits per heavy atom. The van der Waals surface area contributed by atoms with Gasteiger partial charge in [0.25, 0.3) is 0 Å². The van der Waals surface area contributed by atoms with Crippen LogP contribution in [0.5, 0.6) is 0 Å². The molecule has 0 aromatic rings. The molecule has 1 rings (SSSR count). The molecular formula is C9H12O3. The van der Waals surface area contributed by atoms with Crippen molar-refractivity contribution in [3.63, 3.8) is 0 Å². The predicted octanol–water partition coefficient (Wildman–Crippen LogP) is 1.08. The Kier molecular flexibility index (Phi) is 2.63. The maximum atomic E-state index is 11.2. The Balaban J connectivity index is 2.55. The lowest BCUT2D eigenvalue weighted by molar-refractivity contribution is -0.142. The molecule has 12 heavy (non-hydrogen) atoms. The standard InChI is InChI=1S/C9H12O3/c1-3-7(10)6(2)8-4-5-9(11)12-8/h4-6,8H,3H2,1-2H3/t6-,8+/m0/s1. The van der Waals surface area contributed by atoms with Gasteiger partial charge in [-0.05, 0) is 6.08 Å². The van der Waals surface area contributed by atoms with Crippen molar-refractivity contribution in [1.82, 2.24) is 0 Å². The van der Waals surface area contributed by atoms with Gasteiger partial charge in [-0.15, -0.1) is 0 Å². The number of cyclic esters (lactones) is 1. The van der Waals surface area contributed by atoms with Crippen LogP contribution in [0.25, 0.3) is 0 Å². The van der Waals surface area contributed by atoms with Crippen molar-refractivity contribution in [1.29, 1.82) is 0 Å². The Morgan fingerprint density at radius 3 is 2.83 bits per heavy atom. The van der Waals surface area contributed by atoms with Crippen LogP contribution in [-0.2, 0) is 14.3 Å². The molecule has 0 fully saturated rings. The van der Waals surface area contributed by atoms with E-state index in [0.717, 1.165) is 0 Å². The zero-order valence-electron chi connectivity index (χ0n) is 7.24. The van der Waals surface area contributed by atoms with E-state index in [4.69, 9.17) is 4.74 Å². The minimum atomic E-state index is -0.351. The van der Waals surface area contributed by atoms with Gasteiger partial charge in [-0.1, -0.05) is 13.8 Å². The van der Waals surface area contributed by atoms with Crippen LogP contribution in [0.4, 0.5) is 0 Å². The monoisotopic (exact) mass is 168 g/mol. The fraction of sp³-hybridized carbons (Fsp3) is 0.556. The summed E-state index contributed by atoms with van der Waals surface area (Å²) >= 11 is 0. The lowest BCUT2D eigenvalue weighted by Gasteiger charge is -2.14.